The van der Waals surface area contributed by atoms with Crippen LogP contribution in [-0.4, -0.2) is 17.5 Å². The molecule has 0 unspecified atom stereocenters. The molecule has 1 fully saturated rings. The zero-order valence-electron chi connectivity index (χ0n) is 6.39. The van der Waals surface area contributed by atoms with E-state index in [1.54, 1.807) is 0 Å². The smallest absolute Gasteiger partial charge is 0.141 e. The molecule has 0 radical (unpaired) electrons. The van der Waals surface area contributed by atoms with Crippen LogP contribution in [0.2, 0.25) is 0 Å². The highest BCUT2D eigenvalue weighted by atomic mass is 16.3. The summed E-state index contributed by atoms with van der Waals surface area (Å²) in [6, 6.07) is 0. The molecule has 0 amide bonds. The summed E-state index contributed by atoms with van der Waals surface area (Å²) in [4.78, 5) is 11.0. The van der Waals surface area contributed by atoms with E-state index in [1.165, 1.54) is 0 Å². The number of hydrogen-bond donors (Lipinski definition) is 1. The molecule has 1 N–H and O–H groups in total. The maximum absolute atomic E-state index is 11.0. The molecule has 58 valence electrons. The Hall–Kier alpha value is -0.370. The lowest BCUT2D eigenvalue weighted by Crippen LogP contribution is -2.43. The molecule has 0 heterocycles. The van der Waals surface area contributed by atoms with E-state index >= 15 is 0 Å². The first-order valence-corrected chi connectivity index (χ1v) is 3.89. The molecule has 0 spiro atoms. The van der Waals surface area contributed by atoms with Gasteiger partial charge in [-0.15, -0.1) is 0 Å². The SMILES string of the molecule is CCC[C@@]1(CO)CCC1=O. The van der Waals surface area contributed by atoms with Gasteiger partial charge in [0.25, 0.3) is 0 Å². The molecular weight excluding hydrogens is 128 g/mol. The van der Waals surface area contributed by atoms with Crippen molar-refractivity contribution < 1.29 is 9.90 Å². The summed E-state index contributed by atoms with van der Waals surface area (Å²) in [6.45, 7) is 2.10. The van der Waals surface area contributed by atoms with Gasteiger partial charge in [0.1, 0.15) is 5.78 Å². The van der Waals surface area contributed by atoms with Crippen molar-refractivity contribution in [2.24, 2.45) is 5.41 Å². The van der Waals surface area contributed by atoms with Crippen LogP contribution < -0.4 is 0 Å². The van der Waals surface area contributed by atoms with Crippen molar-refractivity contribution in [3.05, 3.63) is 0 Å². The monoisotopic (exact) mass is 142 g/mol. The summed E-state index contributed by atoms with van der Waals surface area (Å²) in [7, 11) is 0. The molecule has 1 aliphatic carbocycles. The lowest BCUT2D eigenvalue weighted by molar-refractivity contribution is -0.142. The molecule has 1 rings (SSSR count). The van der Waals surface area contributed by atoms with E-state index in [0.717, 1.165) is 19.3 Å². The molecular formula is C8H14O2. The van der Waals surface area contributed by atoms with Crippen LogP contribution >= 0.6 is 0 Å². The Labute approximate surface area is 61.2 Å². The van der Waals surface area contributed by atoms with Crippen molar-refractivity contribution in [2.45, 2.75) is 32.6 Å². The van der Waals surface area contributed by atoms with E-state index < -0.39 is 0 Å². The fraction of sp³-hybridized carbons (Fsp3) is 0.875. The molecule has 1 atom stereocenters. The lowest BCUT2D eigenvalue weighted by Gasteiger charge is -2.38. The van der Waals surface area contributed by atoms with Crippen LogP contribution in [0.25, 0.3) is 0 Å². The Morgan fingerprint density at radius 2 is 2.40 bits per heavy atom. The highest BCUT2D eigenvalue weighted by molar-refractivity contribution is 5.90. The van der Waals surface area contributed by atoms with Gasteiger partial charge in [-0.3, -0.25) is 4.79 Å². The minimum Gasteiger partial charge on any atom is -0.395 e. The normalized spacial score (nSPS) is 32.0. The average molecular weight is 142 g/mol. The van der Waals surface area contributed by atoms with Gasteiger partial charge in [-0.1, -0.05) is 13.3 Å². The van der Waals surface area contributed by atoms with Crippen molar-refractivity contribution in [2.75, 3.05) is 6.61 Å². The molecule has 2 nitrogen and oxygen atoms in total. The van der Waals surface area contributed by atoms with Crippen LogP contribution in [0.15, 0.2) is 0 Å². The Kier molecular flexibility index (Phi) is 2.09. The third kappa shape index (κ3) is 0.966. The van der Waals surface area contributed by atoms with Crippen molar-refractivity contribution >= 4 is 5.78 Å². The molecule has 10 heavy (non-hydrogen) atoms. The van der Waals surface area contributed by atoms with Crippen LogP contribution in [0.5, 0.6) is 0 Å². The molecule has 0 bridgehead atoms. The quantitative estimate of drug-likeness (QED) is 0.641. The van der Waals surface area contributed by atoms with E-state index in [9.17, 15) is 4.79 Å². The van der Waals surface area contributed by atoms with Gasteiger partial charge in [0, 0.05) is 6.42 Å². The largest absolute Gasteiger partial charge is 0.395 e. The third-order valence-corrected chi connectivity index (χ3v) is 2.45. The number of rotatable bonds is 3. The Morgan fingerprint density at radius 3 is 2.50 bits per heavy atom. The average Bonchev–Trinajstić information content (AvgIpc) is 1.97. The number of aliphatic hydroxyl groups is 1. The van der Waals surface area contributed by atoms with Gasteiger partial charge < -0.3 is 5.11 Å². The second-order valence-electron chi connectivity index (χ2n) is 3.11. The van der Waals surface area contributed by atoms with Gasteiger partial charge in [0.05, 0.1) is 12.0 Å². The van der Waals surface area contributed by atoms with Crippen LogP contribution in [0.3, 0.4) is 0 Å². The number of carbonyl (C=O) groups is 1. The molecule has 1 aliphatic rings. The van der Waals surface area contributed by atoms with E-state index in [0.29, 0.717) is 6.42 Å². The van der Waals surface area contributed by atoms with Crippen LogP contribution in [0.4, 0.5) is 0 Å². The summed E-state index contributed by atoms with van der Waals surface area (Å²) < 4.78 is 0. The first kappa shape index (κ1) is 7.73. The maximum Gasteiger partial charge on any atom is 0.141 e. The van der Waals surface area contributed by atoms with Crippen LogP contribution in [0.1, 0.15) is 32.6 Å². The van der Waals surface area contributed by atoms with Gasteiger partial charge in [0.2, 0.25) is 0 Å². The summed E-state index contributed by atoms with van der Waals surface area (Å²) in [5, 5.41) is 8.92. The predicted molar refractivity (Wildman–Crippen MR) is 38.7 cm³/mol. The second kappa shape index (κ2) is 2.70. The first-order valence-electron chi connectivity index (χ1n) is 3.89. The number of aliphatic hydroxyl groups excluding tert-OH is 1. The molecule has 0 saturated heterocycles. The standard InChI is InChI=1S/C8H14O2/c1-2-4-8(6-9)5-3-7(8)10/h9H,2-6H2,1H3/t8-/m0/s1. The zero-order valence-corrected chi connectivity index (χ0v) is 6.39. The number of carbonyl (C=O) groups excluding carboxylic acids is 1. The van der Waals surface area contributed by atoms with Crippen LogP contribution in [-0.2, 0) is 4.79 Å². The van der Waals surface area contributed by atoms with Crippen molar-refractivity contribution in [1.29, 1.82) is 0 Å². The fourth-order valence-electron chi connectivity index (χ4n) is 1.57. The zero-order chi connectivity index (χ0) is 7.61. The molecule has 0 aromatic heterocycles. The minimum absolute atomic E-state index is 0.0552. The molecule has 2 heteroatoms. The minimum atomic E-state index is -0.311. The van der Waals surface area contributed by atoms with E-state index in [-0.39, 0.29) is 17.8 Å². The van der Waals surface area contributed by atoms with E-state index in [4.69, 9.17) is 5.11 Å². The second-order valence-corrected chi connectivity index (χ2v) is 3.11. The third-order valence-electron chi connectivity index (χ3n) is 2.45. The van der Waals surface area contributed by atoms with E-state index in [2.05, 4.69) is 0 Å². The lowest BCUT2D eigenvalue weighted by atomic mass is 9.65. The van der Waals surface area contributed by atoms with Gasteiger partial charge in [-0.05, 0) is 12.8 Å². The van der Waals surface area contributed by atoms with Crippen molar-refractivity contribution in [3.8, 4) is 0 Å². The molecule has 0 aliphatic heterocycles. The maximum atomic E-state index is 11.0. The van der Waals surface area contributed by atoms with Gasteiger partial charge in [-0.2, -0.15) is 0 Å². The summed E-state index contributed by atoms with van der Waals surface area (Å²) in [5.41, 5.74) is -0.311. The van der Waals surface area contributed by atoms with E-state index in [1.807, 2.05) is 6.92 Å². The molecule has 0 aromatic carbocycles. The Bertz CT molecular complexity index is 138. The Morgan fingerprint density at radius 1 is 1.70 bits per heavy atom. The summed E-state index contributed by atoms with van der Waals surface area (Å²) in [6.07, 6.45) is 3.44. The summed E-state index contributed by atoms with van der Waals surface area (Å²) >= 11 is 0. The van der Waals surface area contributed by atoms with Gasteiger partial charge in [0.15, 0.2) is 0 Å². The number of Topliss-reactive ketones (excluding diaryl/α,β-unsaturated/α-hetero) is 1. The van der Waals surface area contributed by atoms with Gasteiger partial charge >= 0.3 is 0 Å². The van der Waals surface area contributed by atoms with Crippen molar-refractivity contribution in [3.63, 3.8) is 0 Å². The number of hydrogen-bond acceptors (Lipinski definition) is 2. The first-order chi connectivity index (χ1) is 4.75. The number of ketones is 1. The molecule has 1 saturated carbocycles. The topological polar surface area (TPSA) is 37.3 Å². The molecule has 0 aromatic rings. The highest BCUT2D eigenvalue weighted by Crippen LogP contribution is 2.40. The summed E-state index contributed by atoms with van der Waals surface area (Å²) in [5.74, 6) is 0.261. The van der Waals surface area contributed by atoms with Crippen LogP contribution in [0, 0.1) is 5.41 Å². The Balaban J connectivity index is 2.51. The fourth-order valence-corrected chi connectivity index (χ4v) is 1.57. The van der Waals surface area contributed by atoms with Gasteiger partial charge in [-0.25, -0.2) is 0 Å². The predicted octanol–water partition coefficient (Wildman–Crippen LogP) is 1.13. The van der Waals surface area contributed by atoms with Crippen molar-refractivity contribution in [1.82, 2.24) is 0 Å². The highest BCUT2D eigenvalue weighted by Gasteiger charge is 2.44.